The number of hydrogen-bond acceptors (Lipinski definition) is 6. The Morgan fingerprint density at radius 2 is 1.92 bits per heavy atom. The van der Waals surface area contributed by atoms with Crippen molar-refractivity contribution in [3.8, 4) is 17.2 Å². The molecule has 0 aliphatic rings. The number of nitro groups is 1. The van der Waals surface area contributed by atoms with Crippen molar-refractivity contribution in [3.63, 3.8) is 0 Å². The average Bonchev–Trinajstić information content (AvgIpc) is 2.59. The summed E-state index contributed by atoms with van der Waals surface area (Å²) in [6.07, 6.45) is 3.05. The average molecular weight is 342 g/mol. The second-order valence-electron chi connectivity index (χ2n) is 5.36. The van der Waals surface area contributed by atoms with E-state index in [1.165, 1.54) is 31.4 Å². The van der Waals surface area contributed by atoms with Crippen molar-refractivity contribution < 1.29 is 19.2 Å². The van der Waals surface area contributed by atoms with Gasteiger partial charge in [-0.1, -0.05) is 6.07 Å². The number of nitro benzene ring substituents is 1. The maximum atomic E-state index is 12.4. The van der Waals surface area contributed by atoms with Crippen LogP contribution < -0.4 is 9.47 Å². The number of nitrogens with zero attached hydrogens (tertiary/aromatic N) is 2. The van der Waals surface area contributed by atoms with Gasteiger partial charge in [0.15, 0.2) is 5.78 Å². The maximum absolute atomic E-state index is 12.4. The highest BCUT2D eigenvalue weighted by Crippen LogP contribution is 2.31. The lowest BCUT2D eigenvalue weighted by atomic mass is 10.1. The molecule has 7 heteroatoms. The van der Waals surface area contributed by atoms with Crippen LogP contribution in [0.2, 0.25) is 0 Å². The van der Waals surface area contributed by atoms with Gasteiger partial charge >= 0.3 is 0 Å². The lowest BCUT2D eigenvalue weighted by Gasteiger charge is -2.11. The number of rotatable bonds is 7. The van der Waals surface area contributed by atoms with Crippen LogP contribution in [0.1, 0.15) is 10.4 Å². The molecule has 0 radical (unpaired) electrons. The molecule has 0 N–H and O–H groups in total. The number of carbonyl (C=O) groups is 1. The van der Waals surface area contributed by atoms with Crippen molar-refractivity contribution in [1.29, 1.82) is 0 Å². The Morgan fingerprint density at radius 1 is 1.16 bits per heavy atom. The van der Waals surface area contributed by atoms with Gasteiger partial charge in [0.05, 0.1) is 23.7 Å². The van der Waals surface area contributed by atoms with Crippen LogP contribution >= 0.6 is 0 Å². The molecule has 2 aromatic rings. The van der Waals surface area contributed by atoms with Crippen molar-refractivity contribution in [2.75, 3.05) is 21.2 Å². The molecule has 0 saturated heterocycles. The van der Waals surface area contributed by atoms with Crippen molar-refractivity contribution in [2.24, 2.45) is 0 Å². The predicted octanol–water partition coefficient (Wildman–Crippen LogP) is 3.65. The number of methoxy groups -OCH3 is 1. The molecule has 0 spiro atoms. The van der Waals surface area contributed by atoms with E-state index in [0.29, 0.717) is 11.3 Å². The highest BCUT2D eigenvalue weighted by atomic mass is 16.6. The van der Waals surface area contributed by atoms with Gasteiger partial charge in [-0.25, -0.2) is 0 Å². The lowest BCUT2D eigenvalue weighted by molar-refractivity contribution is -0.384. The fraction of sp³-hybridized carbons (Fsp3) is 0.167. The molecule has 0 bridgehead atoms. The molecule has 0 saturated carbocycles. The molecular weight excluding hydrogens is 324 g/mol. The Morgan fingerprint density at radius 3 is 2.56 bits per heavy atom. The minimum absolute atomic E-state index is 0.0965. The van der Waals surface area contributed by atoms with E-state index in [-0.39, 0.29) is 23.0 Å². The van der Waals surface area contributed by atoms with Crippen LogP contribution in [0.4, 0.5) is 5.69 Å². The second-order valence-corrected chi connectivity index (χ2v) is 5.36. The first kappa shape index (κ1) is 18.0. The number of hydrogen-bond donors (Lipinski definition) is 0. The summed E-state index contributed by atoms with van der Waals surface area (Å²) in [5.41, 5.74) is 0.228. The zero-order chi connectivity index (χ0) is 18.4. The molecule has 130 valence electrons. The monoisotopic (exact) mass is 342 g/mol. The summed E-state index contributed by atoms with van der Waals surface area (Å²) < 4.78 is 10.9. The fourth-order valence-corrected chi connectivity index (χ4v) is 2.01. The first-order valence-corrected chi connectivity index (χ1v) is 7.40. The van der Waals surface area contributed by atoms with E-state index in [1.54, 1.807) is 49.5 Å². The summed E-state index contributed by atoms with van der Waals surface area (Å²) >= 11 is 0. The van der Waals surface area contributed by atoms with Crippen LogP contribution in [-0.4, -0.2) is 36.8 Å². The molecule has 0 fully saturated rings. The molecule has 2 rings (SSSR count). The van der Waals surface area contributed by atoms with Crippen molar-refractivity contribution in [1.82, 2.24) is 4.90 Å². The van der Waals surface area contributed by atoms with Gasteiger partial charge in [-0.3, -0.25) is 14.9 Å². The first-order chi connectivity index (χ1) is 11.9. The lowest BCUT2D eigenvalue weighted by Crippen LogP contribution is -2.04. The third kappa shape index (κ3) is 4.81. The van der Waals surface area contributed by atoms with Crippen LogP contribution in [0.3, 0.4) is 0 Å². The molecule has 2 aromatic carbocycles. The predicted molar refractivity (Wildman–Crippen MR) is 93.3 cm³/mol. The molecule has 0 heterocycles. The zero-order valence-corrected chi connectivity index (χ0v) is 14.1. The van der Waals surface area contributed by atoms with Gasteiger partial charge in [-0.05, 0) is 18.2 Å². The number of carbonyl (C=O) groups excluding carboxylic acids is 1. The molecule has 0 atom stereocenters. The fourth-order valence-electron chi connectivity index (χ4n) is 2.01. The van der Waals surface area contributed by atoms with Crippen LogP contribution in [0.25, 0.3) is 0 Å². The second kappa shape index (κ2) is 7.96. The minimum atomic E-state index is -0.510. The first-order valence-electron chi connectivity index (χ1n) is 7.40. The number of benzene rings is 2. The van der Waals surface area contributed by atoms with Crippen LogP contribution in [0.15, 0.2) is 54.7 Å². The quantitative estimate of drug-likeness (QED) is 0.331. The third-order valence-electron chi connectivity index (χ3n) is 3.23. The summed E-state index contributed by atoms with van der Waals surface area (Å²) in [6, 6.07) is 10.6. The normalized spacial score (nSPS) is 10.5. The number of allylic oxidation sites excluding steroid dienone is 1. The molecule has 0 aliphatic heterocycles. The summed E-state index contributed by atoms with van der Waals surface area (Å²) in [7, 11) is 5.11. The van der Waals surface area contributed by atoms with Crippen molar-refractivity contribution in [3.05, 3.63) is 70.4 Å². The molecule has 0 aromatic heterocycles. The molecular formula is C18H18N2O5. The van der Waals surface area contributed by atoms with Gasteiger partial charge in [-0.2, -0.15) is 0 Å². The van der Waals surface area contributed by atoms with E-state index in [1.807, 2.05) is 0 Å². The highest BCUT2D eigenvalue weighted by Gasteiger charge is 2.14. The molecule has 0 amide bonds. The van der Waals surface area contributed by atoms with Gasteiger partial charge in [0.25, 0.3) is 5.69 Å². The smallest absolute Gasteiger partial charge is 0.273 e. The largest absolute Gasteiger partial charge is 0.497 e. The van der Waals surface area contributed by atoms with E-state index in [4.69, 9.17) is 9.47 Å². The number of non-ortho nitro benzene ring substituents is 1. The van der Waals surface area contributed by atoms with Gasteiger partial charge in [-0.15, -0.1) is 0 Å². The summed E-state index contributed by atoms with van der Waals surface area (Å²) in [4.78, 5) is 24.5. The van der Waals surface area contributed by atoms with Crippen molar-refractivity contribution >= 4 is 11.5 Å². The number of ether oxygens (including phenoxy) is 2. The summed E-state index contributed by atoms with van der Waals surface area (Å²) in [5, 5.41) is 10.9. The standard InChI is InChI=1S/C18H18N2O5/c1-19(2)10-9-17(21)16-8-7-14(24-3)12-18(16)25-15-6-4-5-13(11-15)20(22)23/h4-12H,1-3H3/b10-9+. The number of ketones is 1. The molecule has 0 unspecified atom stereocenters. The van der Waals surface area contributed by atoms with E-state index < -0.39 is 4.92 Å². The Hall–Kier alpha value is -3.35. The Labute approximate surface area is 145 Å². The van der Waals surface area contributed by atoms with Gasteiger partial charge in [0, 0.05) is 38.5 Å². The van der Waals surface area contributed by atoms with Crippen LogP contribution in [-0.2, 0) is 0 Å². The minimum Gasteiger partial charge on any atom is -0.497 e. The van der Waals surface area contributed by atoms with E-state index in [9.17, 15) is 14.9 Å². The SMILES string of the molecule is COc1ccc(C(=O)/C=C/N(C)C)c(Oc2cccc([N+](=O)[O-])c2)c1. The maximum Gasteiger partial charge on any atom is 0.273 e. The van der Waals surface area contributed by atoms with E-state index >= 15 is 0 Å². The topological polar surface area (TPSA) is 81.9 Å². The Bertz CT molecular complexity index is 815. The zero-order valence-electron chi connectivity index (χ0n) is 14.1. The Balaban J connectivity index is 2.39. The van der Waals surface area contributed by atoms with E-state index in [0.717, 1.165) is 0 Å². The summed E-state index contributed by atoms with van der Waals surface area (Å²) in [5.74, 6) is 0.770. The van der Waals surface area contributed by atoms with Gasteiger partial charge in [0.1, 0.15) is 17.2 Å². The van der Waals surface area contributed by atoms with Gasteiger partial charge < -0.3 is 14.4 Å². The van der Waals surface area contributed by atoms with Crippen molar-refractivity contribution in [2.45, 2.75) is 0 Å². The van der Waals surface area contributed by atoms with Gasteiger partial charge in [0.2, 0.25) is 0 Å². The third-order valence-corrected chi connectivity index (χ3v) is 3.23. The molecule has 7 nitrogen and oxygen atoms in total. The Kier molecular flexibility index (Phi) is 5.73. The van der Waals surface area contributed by atoms with Crippen LogP contribution in [0.5, 0.6) is 17.2 Å². The van der Waals surface area contributed by atoms with E-state index in [2.05, 4.69) is 0 Å². The molecule has 25 heavy (non-hydrogen) atoms. The molecule has 0 aliphatic carbocycles. The summed E-state index contributed by atoms with van der Waals surface area (Å²) in [6.45, 7) is 0. The van der Waals surface area contributed by atoms with Crippen LogP contribution in [0, 0.1) is 10.1 Å². The highest BCUT2D eigenvalue weighted by molar-refractivity contribution is 6.06.